The number of nitrogens with one attached hydrogen (secondary N) is 1. The summed E-state index contributed by atoms with van der Waals surface area (Å²) in [7, 11) is 0. The van der Waals surface area contributed by atoms with E-state index in [4.69, 9.17) is 11.6 Å². The summed E-state index contributed by atoms with van der Waals surface area (Å²) in [6, 6.07) is 6.57. The standard InChI is InChI=1S/C15H20ClN3S/c1-11(19-6-2-3-7-19)10-20-15-17-9-12-8-13(16)4-5-14(12)18-15/h4-5,8,11H,2-3,6-7,9-10H2,1H3,(H,17,18)/t11-/m0/s1. The summed E-state index contributed by atoms with van der Waals surface area (Å²) in [4.78, 5) is 7.18. The highest BCUT2D eigenvalue weighted by Gasteiger charge is 2.19. The molecule has 1 N–H and O–H groups in total. The number of fused-ring (bicyclic) bond motifs is 1. The molecule has 0 amide bonds. The molecule has 0 spiro atoms. The number of thioether (sulfide) groups is 1. The smallest absolute Gasteiger partial charge is 0.161 e. The van der Waals surface area contributed by atoms with Crippen molar-refractivity contribution in [1.29, 1.82) is 0 Å². The van der Waals surface area contributed by atoms with Crippen LogP contribution in [0.1, 0.15) is 25.3 Å². The number of anilines is 1. The van der Waals surface area contributed by atoms with E-state index in [1.165, 1.54) is 31.5 Å². The fourth-order valence-electron chi connectivity index (χ4n) is 2.70. The molecule has 108 valence electrons. The van der Waals surface area contributed by atoms with Gasteiger partial charge in [-0.05, 0) is 56.6 Å². The van der Waals surface area contributed by atoms with Gasteiger partial charge in [-0.1, -0.05) is 23.4 Å². The first-order valence-electron chi connectivity index (χ1n) is 7.19. The molecule has 0 radical (unpaired) electrons. The van der Waals surface area contributed by atoms with Gasteiger partial charge in [0.2, 0.25) is 0 Å². The van der Waals surface area contributed by atoms with Gasteiger partial charge in [0.1, 0.15) is 0 Å². The van der Waals surface area contributed by atoms with E-state index in [9.17, 15) is 0 Å². The van der Waals surface area contributed by atoms with E-state index < -0.39 is 0 Å². The van der Waals surface area contributed by atoms with Crippen molar-refractivity contribution in [2.75, 3.05) is 24.2 Å². The predicted molar refractivity (Wildman–Crippen MR) is 88.9 cm³/mol. The molecular formula is C15H20ClN3S. The molecule has 3 nitrogen and oxygen atoms in total. The maximum atomic E-state index is 6.00. The van der Waals surface area contributed by atoms with Crippen LogP contribution in [-0.4, -0.2) is 35.0 Å². The highest BCUT2D eigenvalue weighted by atomic mass is 35.5. The third-order valence-electron chi connectivity index (χ3n) is 3.93. The molecule has 3 rings (SSSR count). The number of rotatable bonds is 3. The average Bonchev–Trinajstić information content (AvgIpc) is 2.99. The Kier molecular flexibility index (Phi) is 4.54. The fourth-order valence-corrected chi connectivity index (χ4v) is 3.84. The molecule has 1 atom stereocenters. The Bertz CT molecular complexity index is 512. The molecule has 20 heavy (non-hydrogen) atoms. The molecule has 0 aliphatic carbocycles. The molecule has 1 aromatic carbocycles. The van der Waals surface area contributed by atoms with Gasteiger partial charge in [-0.2, -0.15) is 0 Å². The summed E-state index contributed by atoms with van der Waals surface area (Å²) in [6.45, 7) is 5.55. The molecule has 0 aromatic heterocycles. The number of halogens is 1. The van der Waals surface area contributed by atoms with Crippen molar-refractivity contribution in [1.82, 2.24) is 4.90 Å². The maximum absolute atomic E-state index is 6.00. The van der Waals surface area contributed by atoms with Crippen molar-refractivity contribution < 1.29 is 0 Å². The summed E-state index contributed by atoms with van der Waals surface area (Å²) < 4.78 is 0. The molecule has 1 saturated heterocycles. The van der Waals surface area contributed by atoms with Crippen molar-refractivity contribution in [3.63, 3.8) is 0 Å². The van der Waals surface area contributed by atoms with Crippen LogP contribution in [0.15, 0.2) is 23.2 Å². The van der Waals surface area contributed by atoms with E-state index in [2.05, 4.69) is 22.1 Å². The molecule has 5 heteroatoms. The second kappa shape index (κ2) is 6.37. The Morgan fingerprint density at radius 1 is 1.40 bits per heavy atom. The van der Waals surface area contributed by atoms with Gasteiger partial charge in [0, 0.05) is 22.5 Å². The van der Waals surface area contributed by atoms with E-state index in [1.54, 1.807) is 0 Å². The monoisotopic (exact) mass is 309 g/mol. The summed E-state index contributed by atoms with van der Waals surface area (Å²) in [6.07, 6.45) is 2.70. The Hall–Kier alpha value is -0.710. The van der Waals surface area contributed by atoms with Gasteiger partial charge in [-0.25, -0.2) is 0 Å². The van der Waals surface area contributed by atoms with Gasteiger partial charge in [0.15, 0.2) is 5.17 Å². The van der Waals surface area contributed by atoms with E-state index in [-0.39, 0.29) is 0 Å². The molecule has 0 saturated carbocycles. The minimum atomic E-state index is 0.624. The highest BCUT2D eigenvalue weighted by molar-refractivity contribution is 8.14. The van der Waals surface area contributed by atoms with E-state index in [1.807, 2.05) is 30.0 Å². The average molecular weight is 310 g/mol. The summed E-state index contributed by atoms with van der Waals surface area (Å²) in [5.74, 6) is 1.09. The summed E-state index contributed by atoms with van der Waals surface area (Å²) in [5, 5.41) is 5.22. The van der Waals surface area contributed by atoms with Gasteiger partial charge < -0.3 is 5.32 Å². The minimum Gasteiger partial charge on any atom is -0.335 e. The van der Waals surface area contributed by atoms with Crippen LogP contribution in [0.3, 0.4) is 0 Å². The molecule has 2 aliphatic rings. The Morgan fingerprint density at radius 3 is 3.00 bits per heavy atom. The largest absolute Gasteiger partial charge is 0.335 e. The Morgan fingerprint density at radius 2 is 2.20 bits per heavy atom. The SMILES string of the molecule is C[C@@H](CSC1=NCc2cc(Cl)ccc2N1)N1CCCC1. The first-order chi connectivity index (χ1) is 9.72. The van der Waals surface area contributed by atoms with Crippen molar-refractivity contribution >= 4 is 34.2 Å². The predicted octanol–water partition coefficient (Wildman–Crippen LogP) is 3.84. The molecule has 0 bridgehead atoms. The highest BCUT2D eigenvalue weighted by Crippen LogP contribution is 2.27. The zero-order chi connectivity index (χ0) is 13.9. The third-order valence-corrected chi connectivity index (χ3v) is 5.32. The topological polar surface area (TPSA) is 27.6 Å². The number of benzene rings is 1. The van der Waals surface area contributed by atoms with Crippen molar-refractivity contribution in [3.8, 4) is 0 Å². The van der Waals surface area contributed by atoms with Crippen LogP contribution in [0.4, 0.5) is 5.69 Å². The van der Waals surface area contributed by atoms with Gasteiger partial charge >= 0.3 is 0 Å². The molecule has 1 fully saturated rings. The number of hydrogen-bond acceptors (Lipinski definition) is 4. The van der Waals surface area contributed by atoms with Gasteiger partial charge in [-0.15, -0.1) is 0 Å². The quantitative estimate of drug-likeness (QED) is 0.919. The second-order valence-electron chi connectivity index (χ2n) is 5.45. The lowest BCUT2D eigenvalue weighted by atomic mass is 10.1. The Labute approximate surface area is 129 Å². The van der Waals surface area contributed by atoms with Gasteiger partial charge in [0.25, 0.3) is 0 Å². The van der Waals surface area contributed by atoms with Crippen molar-refractivity contribution in [2.45, 2.75) is 32.4 Å². The van der Waals surface area contributed by atoms with Crippen molar-refractivity contribution in [2.24, 2.45) is 4.99 Å². The number of hydrogen-bond donors (Lipinski definition) is 1. The van der Waals surface area contributed by atoms with Crippen LogP contribution in [-0.2, 0) is 6.54 Å². The number of amidine groups is 1. The first kappa shape index (κ1) is 14.2. The summed E-state index contributed by atoms with van der Waals surface area (Å²) in [5.41, 5.74) is 2.31. The number of likely N-dealkylation sites (tertiary alicyclic amines) is 1. The lowest BCUT2D eigenvalue weighted by Gasteiger charge is -2.24. The fraction of sp³-hybridized carbons (Fsp3) is 0.533. The van der Waals surface area contributed by atoms with Crippen LogP contribution in [0.5, 0.6) is 0 Å². The van der Waals surface area contributed by atoms with E-state index in [0.717, 1.165) is 28.2 Å². The lowest BCUT2D eigenvalue weighted by molar-refractivity contribution is 0.280. The van der Waals surface area contributed by atoms with Crippen LogP contribution in [0, 0.1) is 0 Å². The molecule has 2 heterocycles. The summed E-state index contributed by atoms with van der Waals surface area (Å²) >= 11 is 7.83. The minimum absolute atomic E-state index is 0.624. The number of nitrogens with zero attached hydrogens (tertiary/aromatic N) is 2. The zero-order valence-corrected chi connectivity index (χ0v) is 13.3. The van der Waals surface area contributed by atoms with Crippen LogP contribution in [0.25, 0.3) is 0 Å². The van der Waals surface area contributed by atoms with Crippen molar-refractivity contribution in [3.05, 3.63) is 28.8 Å². The first-order valence-corrected chi connectivity index (χ1v) is 8.55. The van der Waals surface area contributed by atoms with E-state index in [0.29, 0.717) is 6.04 Å². The normalized spacial score (nSPS) is 20.2. The second-order valence-corrected chi connectivity index (χ2v) is 6.90. The lowest BCUT2D eigenvalue weighted by Crippen LogP contribution is -2.32. The van der Waals surface area contributed by atoms with Crippen LogP contribution in [0.2, 0.25) is 5.02 Å². The zero-order valence-electron chi connectivity index (χ0n) is 11.7. The van der Waals surface area contributed by atoms with Gasteiger partial charge in [0.05, 0.1) is 6.54 Å². The van der Waals surface area contributed by atoms with Crippen LogP contribution < -0.4 is 5.32 Å². The molecule has 0 unspecified atom stereocenters. The van der Waals surface area contributed by atoms with Crippen LogP contribution >= 0.6 is 23.4 Å². The van der Waals surface area contributed by atoms with E-state index >= 15 is 0 Å². The maximum Gasteiger partial charge on any atom is 0.161 e. The van der Waals surface area contributed by atoms with Gasteiger partial charge in [-0.3, -0.25) is 9.89 Å². The third kappa shape index (κ3) is 3.30. The molecule has 1 aromatic rings. The molecule has 2 aliphatic heterocycles. The molecular weight excluding hydrogens is 290 g/mol. The Balaban J connectivity index is 1.55. The number of aliphatic imine (C=N–C) groups is 1.